The first-order valence-corrected chi connectivity index (χ1v) is 5.47. The van der Waals surface area contributed by atoms with Crippen LogP contribution in [0.3, 0.4) is 0 Å². The number of nitrogens with one attached hydrogen (secondary N) is 1. The first-order valence-electron chi connectivity index (χ1n) is 3.98. The monoisotopic (exact) mass is 277 g/mol. The lowest BCUT2D eigenvalue weighted by molar-refractivity contribution is 0.0953. The van der Waals surface area contributed by atoms with Gasteiger partial charge in [0.05, 0.1) is 5.56 Å². The summed E-state index contributed by atoms with van der Waals surface area (Å²) in [6.07, 6.45) is 0. The van der Waals surface area contributed by atoms with E-state index in [0.717, 1.165) is 0 Å². The number of carbonyl (C=O) groups excluding carboxylic acids is 1. The van der Waals surface area contributed by atoms with Gasteiger partial charge in [-0.15, -0.1) is 0 Å². The highest BCUT2D eigenvalue weighted by atomic mass is 79.9. The number of hydrogen-bond acceptors (Lipinski definition) is 2. The molecular formula is C9H9BrClNO2. The lowest BCUT2D eigenvalue weighted by Gasteiger charge is -2.05. The molecule has 2 N–H and O–H groups in total. The summed E-state index contributed by atoms with van der Waals surface area (Å²) in [6.45, 7) is 0.505. The molecule has 0 aliphatic carbocycles. The SMILES string of the molecule is O=C(NCCBr)c1cc(Cl)ccc1O. The molecule has 0 aliphatic rings. The van der Waals surface area contributed by atoms with Crippen LogP contribution in [0.1, 0.15) is 10.4 Å². The number of phenolic OH excluding ortho intramolecular Hbond substituents is 1. The zero-order valence-corrected chi connectivity index (χ0v) is 9.60. The summed E-state index contributed by atoms with van der Waals surface area (Å²) in [5.41, 5.74) is 0.193. The van der Waals surface area contributed by atoms with Crippen molar-refractivity contribution >= 4 is 33.4 Å². The average molecular weight is 279 g/mol. The first kappa shape index (κ1) is 11.3. The van der Waals surface area contributed by atoms with Gasteiger partial charge in [-0.2, -0.15) is 0 Å². The normalized spacial score (nSPS) is 9.86. The number of aromatic hydroxyl groups is 1. The highest BCUT2D eigenvalue weighted by Crippen LogP contribution is 2.20. The van der Waals surface area contributed by atoms with Crippen molar-refractivity contribution in [3.63, 3.8) is 0 Å². The molecule has 1 amide bonds. The van der Waals surface area contributed by atoms with Crippen molar-refractivity contribution in [3.8, 4) is 5.75 Å². The number of carbonyl (C=O) groups is 1. The smallest absolute Gasteiger partial charge is 0.255 e. The fraction of sp³-hybridized carbons (Fsp3) is 0.222. The quantitative estimate of drug-likeness (QED) is 0.833. The second-order valence-electron chi connectivity index (χ2n) is 2.61. The van der Waals surface area contributed by atoms with Crippen LogP contribution in [-0.4, -0.2) is 22.9 Å². The number of phenols is 1. The Kier molecular flexibility index (Phi) is 4.22. The van der Waals surface area contributed by atoms with E-state index >= 15 is 0 Å². The Hall–Kier alpha value is -0.740. The van der Waals surface area contributed by atoms with Gasteiger partial charge < -0.3 is 10.4 Å². The first-order chi connectivity index (χ1) is 6.65. The summed E-state index contributed by atoms with van der Waals surface area (Å²) in [5, 5.41) is 13.1. The summed E-state index contributed by atoms with van der Waals surface area (Å²) in [4.78, 5) is 11.4. The van der Waals surface area contributed by atoms with Crippen LogP contribution < -0.4 is 5.32 Å². The molecule has 0 fully saturated rings. The predicted octanol–water partition coefficient (Wildman–Crippen LogP) is 2.17. The third-order valence-corrected chi connectivity index (χ3v) is 2.21. The van der Waals surface area contributed by atoms with Gasteiger partial charge in [0.1, 0.15) is 5.75 Å². The van der Waals surface area contributed by atoms with Crippen LogP contribution in [0.25, 0.3) is 0 Å². The standard InChI is InChI=1S/C9H9BrClNO2/c10-3-4-12-9(14)7-5-6(11)1-2-8(7)13/h1-2,5,13H,3-4H2,(H,12,14). The fourth-order valence-electron chi connectivity index (χ4n) is 0.946. The van der Waals surface area contributed by atoms with E-state index in [1.165, 1.54) is 18.2 Å². The third-order valence-electron chi connectivity index (χ3n) is 1.58. The van der Waals surface area contributed by atoms with Crippen molar-refractivity contribution in [2.45, 2.75) is 0 Å². The van der Waals surface area contributed by atoms with Gasteiger partial charge in [-0.3, -0.25) is 4.79 Å². The van der Waals surface area contributed by atoms with Gasteiger partial charge >= 0.3 is 0 Å². The van der Waals surface area contributed by atoms with Gasteiger partial charge in [0.2, 0.25) is 0 Å². The average Bonchev–Trinajstić information content (AvgIpc) is 2.18. The maximum atomic E-state index is 11.4. The number of rotatable bonds is 3. The van der Waals surface area contributed by atoms with E-state index in [1.807, 2.05) is 0 Å². The Balaban J connectivity index is 2.83. The maximum Gasteiger partial charge on any atom is 0.255 e. The highest BCUT2D eigenvalue weighted by Gasteiger charge is 2.10. The summed E-state index contributed by atoms with van der Waals surface area (Å²) >= 11 is 8.87. The zero-order valence-electron chi connectivity index (χ0n) is 7.26. The van der Waals surface area contributed by atoms with Crippen LogP contribution in [0.4, 0.5) is 0 Å². The molecule has 76 valence electrons. The van der Waals surface area contributed by atoms with E-state index in [-0.39, 0.29) is 17.2 Å². The molecule has 0 aromatic heterocycles. The molecule has 14 heavy (non-hydrogen) atoms. The molecule has 0 bridgehead atoms. The van der Waals surface area contributed by atoms with Crippen molar-refractivity contribution in [2.24, 2.45) is 0 Å². The third kappa shape index (κ3) is 2.89. The minimum absolute atomic E-state index is 0.0681. The van der Waals surface area contributed by atoms with Crippen LogP contribution in [0, 0.1) is 0 Å². The largest absolute Gasteiger partial charge is 0.507 e. The van der Waals surface area contributed by atoms with E-state index in [0.29, 0.717) is 16.9 Å². The van der Waals surface area contributed by atoms with E-state index in [4.69, 9.17) is 11.6 Å². The summed E-state index contributed by atoms with van der Waals surface area (Å²) < 4.78 is 0. The molecule has 1 aromatic carbocycles. The van der Waals surface area contributed by atoms with Gasteiger partial charge in [-0.25, -0.2) is 0 Å². The Bertz CT molecular complexity index is 344. The van der Waals surface area contributed by atoms with Crippen molar-refractivity contribution in [2.75, 3.05) is 11.9 Å². The summed E-state index contributed by atoms with van der Waals surface area (Å²) in [7, 11) is 0. The van der Waals surface area contributed by atoms with Crippen molar-refractivity contribution < 1.29 is 9.90 Å². The molecule has 0 aliphatic heterocycles. The topological polar surface area (TPSA) is 49.3 Å². The Morgan fingerprint density at radius 3 is 2.93 bits per heavy atom. The van der Waals surface area contributed by atoms with Crippen LogP contribution >= 0.6 is 27.5 Å². The number of benzene rings is 1. The lowest BCUT2D eigenvalue weighted by atomic mass is 10.2. The molecule has 0 radical (unpaired) electrons. The molecule has 0 spiro atoms. The van der Waals surface area contributed by atoms with Crippen molar-refractivity contribution in [1.29, 1.82) is 0 Å². The molecule has 5 heteroatoms. The lowest BCUT2D eigenvalue weighted by Crippen LogP contribution is -2.25. The van der Waals surface area contributed by atoms with Gasteiger partial charge in [0.25, 0.3) is 5.91 Å². The molecule has 0 saturated carbocycles. The van der Waals surface area contributed by atoms with Gasteiger partial charge in [0, 0.05) is 16.9 Å². The molecule has 1 rings (SSSR count). The second kappa shape index (κ2) is 5.22. The molecule has 1 aromatic rings. The number of alkyl halides is 1. The number of hydrogen-bond donors (Lipinski definition) is 2. The predicted molar refractivity (Wildman–Crippen MR) is 59.2 cm³/mol. The Labute approximate surface area is 95.2 Å². The molecule has 0 atom stereocenters. The van der Waals surface area contributed by atoms with E-state index < -0.39 is 0 Å². The van der Waals surface area contributed by atoms with E-state index in [2.05, 4.69) is 21.2 Å². The van der Waals surface area contributed by atoms with Crippen molar-refractivity contribution in [3.05, 3.63) is 28.8 Å². The number of halogens is 2. The molecule has 0 heterocycles. The minimum Gasteiger partial charge on any atom is -0.507 e. The van der Waals surface area contributed by atoms with Gasteiger partial charge in [-0.05, 0) is 18.2 Å². The molecule has 0 unspecified atom stereocenters. The second-order valence-corrected chi connectivity index (χ2v) is 3.84. The number of amides is 1. The fourth-order valence-corrected chi connectivity index (χ4v) is 1.32. The van der Waals surface area contributed by atoms with E-state index in [9.17, 15) is 9.90 Å². The Morgan fingerprint density at radius 1 is 1.57 bits per heavy atom. The molecular weight excluding hydrogens is 269 g/mol. The molecule has 3 nitrogen and oxygen atoms in total. The molecule has 0 saturated heterocycles. The summed E-state index contributed by atoms with van der Waals surface area (Å²) in [5.74, 6) is -0.397. The zero-order chi connectivity index (χ0) is 10.6. The minimum atomic E-state index is -0.329. The summed E-state index contributed by atoms with van der Waals surface area (Å²) in [6, 6.07) is 4.35. The Morgan fingerprint density at radius 2 is 2.29 bits per heavy atom. The van der Waals surface area contributed by atoms with Gasteiger partial charge in [-0.1, -0.05) is 27.5 Å². The van der Waals surface area contributed by atoms with Gasteiger partial charge in [0.15, 0.2) is 0 Å². The van der Waals surface area contributed by atoms with Crippen molar-refractivity contribution in [1.82, 2.24) is 5.32 Å². The highest BCUT2D eigenvalue weighted by molar-refractivity contribution is 9.09. The van der Waals surface area contributed by atoms with Crippen LogP contribution in [0.2, 0.25) is 5.02 Å². The maximum absolute atomic E-state index is 11.4. The van der Waals surface area contributed by atoms with Crippen LogP contribution in [0.5, 0.6) is 5.75 Å². The van der Waals surface area contributed by atoms with Crippen LogP contribution in [0.15, 0.2) is 18.2 Å². The van der Waals surface area contributed by atoms with E-state index in [1.54, 1.807) is 0 Å². The van der Waals surface area contributed by atoms with Crippen LogP contribution in [-0.2, 0) is 0 Å².